The summed E-state index contributed by atoms with van der Waals surface area (Å²) in [6.45, 7) is 4.65. The monoisotopic (exact) mass is 396 g/mol. The van der Waals surface area contributed by atoms with Gasteiger partial charge in [0.05, 0.1) is 8.95 Å². The Morgan fingerprint density at radius 3 is 2.15 bits per heavy atom. The summed E-state index contributed by atoms with van der Waals surface area (Å²) in [4.78, 5) is 10.8. The number of ether oxygens (including phenoxy) is 1. The molecule has 2 aromatic carbocycles. The molecule has 0 fully saturated rings. The molecule has 2 nitrogen and oxygen atoms in total. The highest BCUT2D eigenvalue weighted by Crippen LogP contribution is 2.35. The van der Waals surface area contributed by atoms with Crippen LogP contribution < -0.4 is 4.74 Å². The molecule has 0 bridgehead atoms. The Morgan fingerprint density at radius 2 is 1.65 bits per heavy atom. The van der Waals surface area contributed by atoms with Crippen LogP contribution in [0.15, 0.2) is 39.3 Å². The smallest absolute Gasteiger partial charge is 0.150 e. The molecule has 0 N–H and O–H groups in total. The van der Waals surface area contributed by atoms with E-state index in [2.05, 4.69) is 57.8 Å². The minimum Gasteiger partial charge on any atom is -0.487 e. The second-order valence-corrected chi connectivity index (χ2v) is 6.30. The molecular weight excluding hydrogens is 384 g/mol. The van der Waals surface area contributed by atoms with Crippen LogP contribution in [0.25, 0.3) is 0 Å². The minimum atomic E-state index is 0.496. The zero-order valence-electron chi connectivity index (χ0n) is 11.2. The average Bonchev–Trinajstić information content (AvgIpc) is 2.40. The highest BCUT2D eigenvalue weighted by atomic mass is 79.9. The van der Waals surface area contributed by atoms with Gasteiger partial charge in [0.1, 0.15) is 18.6 Å². The number of aryl methyl sites for hydroxylation is 2. The van der Waals surface area contributed by atoms with Gasteiger partial charge in [0.2, 0.25) is 0 Å². The topological polar surface area (TPSA) is 26.3 Å². The molecule has 0 heterocycles. The summed E-state index contributed by atoms with van der Waals surface area (Å²) < 4.78 is 7.43. The van der Waals surface area contributed by atoms with E-state index >= 15 is 0 Å². The lowest BCUT2D eigenvalue weighted by molar-refractivity contribution is 0.112. The molecule has 0 aliphatic carbocycles. The molecule has 0 atom stereocenters. The molecule has 0 saturated heterocycles. The zero-order chi connectivity index (χ0) is 14.7. The lowest BCUT2D eigenvalue weighted by Gasteiger charge is -2.14. The van der Waals surface area contributed by atoms with Gasteiger partial charge in [-0.25, -0.2) is 0 Å². The van der Waals surface area contributed by atoms with E-state index in [1.54, 1.807) is 12.1 Å². The predicted molar refractivity (Wildman–Crippen MR) is 87.5 cm³/mol. The van der Waals surface area contributed by atoms with Crippen molar-refractivity contribution >= 4 is 38.1 Å². The number of hydrogen-bond donors (Lipinski definition) is 0. The molecule has 0 spiro atoms. The molecule has 4 heteroatoms. The second-order valence-electron chi connectivity index (χ2n) is 4.59. The molecule has 2 aromatic rings. The van der Waals surface area contributed by atoms with E-state index in [1.165, 1.54) is 16.7 Å². The number of hydrogen-bond acceptors (Lipinski definition) is 2. The molecule has 0 amide bonds. The number of benzene rings is 2. The lowest BCUT2D eigenvalue weighted by atomic mass is 10.0. The number of rotatable bonds is 4. The lowest BCUT2D eigenvalue weighted by Crippen LogP contribution is -2.02. The van der Waals surface area contributed by atoms with E-state index in [0.717, 1.165) is 15.2 Å². The zero-order valence-corrected chi connectivity index (χ0v) is 14.4. The summed E-state index contributed by atoms with van der Waals surface area (Å²) in [6.07, 6.45) is 0.810. The van der Waals surface area contributed by atoms with Gasteiger partial charge >= 0.3 is 0 Å². The first kappa shape index (κ1) is 15.3. The van der Waals surface area contributed by atoms with Gasteiger partial charge in [-0.1, -0.05) is 18.2 Å². The number of aldehydes is 1. The van der Waals surface area contributed by atoms with Gasteiger partial charge in [0.25, 0.3) is 0 Å². The van der Waals surface area contributed by atoms with Gasteiger partial charge in [0.15, 0.2) is 0 Å². The predicted octanol–water partition coefficient (Wildman–Crippen LogP) is 5.22. The largest absolute Gasteiger partial charge is 0.487 e. The summed E-state index contributed by atoms with van der Waals surface area (Å²) in [6, 6.07) is 9.69. The summed E-state index contributed by atoms with van der Waals surface area (Å²) in [5, 5.41) is 0. The van der Waals surface area contributed by atoms with Crippen molar-refractivity contribution in [1.29, 1.82) is 0 Å². The van der Waals surface area contributed by atoms with Crippen LogP contribution in [0.2, 0.25) is 0 Å². The molecule has 104 valence electrons. The maximum absolute atomic E-state index is 10.8. The van der Waals surface area contributed by atoms with Crippen LogP contribution in [0.1, 0.15) is 27.0 Å². The van der Waals surface area contributed by atoms with E-state index in [4.69, 9.17) is 4.74 Å². The Morgan fingerprint density at radius 1 is 1.10 bits per heavy atom. The van der Waals surface area contributed by atoms with Crippen molar-refractivity contribution in [2.75, 3.05) is 0 Å². The van der Waals surface area contributed by atoms with Gasteiger partial charge in [0, 0.05) is 5.56 Å². The van der Waals surface area contributed by atoms with Crippen molar-refractivity contribution in [3.63, 3.8) is 0 Å². The third kappa shape index (κ3) is 3.30. The fourth-order valence-electron chi connectivity index (χ4n) is 2.01. The number of carbonyl (C=O) groups is 1. The summed E-state index contributed by atoms with van der Waals surface area (Å²) >= 11 is 6.87. The molecule has 0 aliphatic rings. The molecule has 0 radical (unpaired) electrons. The summed E-state index contributed by atoms with van der Waals surface area (Å²) in [7, 11) is 0. The normalized spacial score (nSPS) is 10.4. The van der Waals surface area contributed by atoms with E-state index in [-0.39, 0.29) is 0 Å². The van der Waals surface area contributed by atoms with E-state index in [0.29, 0.717) is 17.9 Å². The van der Waals surface area contributed by atoms with E-state index in [9.17, 15) is 4.79 Å². The molecule has 2 rings (SSSR count). The fourth-order valence-corrected chi connectivity index (χ4v) is 3.46. The Balaban J connectivity index is 2.26. The van der Waals surface area contributed by atoms with Crippen molar-refractivity contribution in [2.45, 2.75) is 20.5 Å². The number of carbonyl (C=O) groups excluding carboxylic acids is 1. The molecule has 0 saturated carbocycles. The van der Waals surface area contributed by atoms with Gasteiger partial charge < -0.3 is 4.74 Å². The Bertz CT molecular complexity index is 608. The van der Waals surface area contributed by atoms with Crippen LogP contribution in [0, 0.1) is 13.8 Å². The molecular formula is C16H14Br2O2. The van der Waals surface area contributed by atoms with Gasteiger partial charge in [-0.3, -0.25) is 4.79 Å². The molecule has 20 heavy (non-hydrogen) atoms. The Labute approximate surface area is 135 Å². The third-order valence-corrected chi connectivity index (χ3v) is 4.34. The van der Waals surface area contributed by atoms with Crippen molar-refractivity contribution in [3.8, 4) is 5.75 Å². The Kier molecular flexibility index (Phi) is 5.00. The van der Waals surface area contributed by atoms with Gasteiger partial charge in [-0.05, 0) is 74.5 Å². The van der Waals surface area contributed by atoms with Crippen LogP contribution in [-0.2, 0) is 6.61 Å². The highest BCUT2D eigenvalue weighted by Gasteiger charge is 2.10. The summed E-state index contributed by atoms with van der Waals surface area (Å²) in [5.41, 5.74) is 4.21. The standard InChI is InChI=1S/C16H14Br2O2/c1-10-4-3-5-11(2)13(10)9-20-16-14(17)6-12(8-19)7-15(16)18/h3-8H,9H2,1-2H3. The van der Waals surface area contributed by atoms with Gasteiger partial charge in [-0.15, -0.1) is 0 Å². The third-order valence-electron chi connectivity index (χ3n) is 3.16. The van der Waals surface area contributed by atoms with Crippen LogP contribution in [0.3, 0.4) is 0 Å². The maximum atomic E-state index is 10.8. The van der Waals surface area contributed by atoms with Crippen LogP contribution in [0.5, 0.6) is 5.75 Å². The van der Waals surface area contributed by atoms with Crippen LogP contribution in [0.4, 0.5) is 0 Å². The van der Waals surface area contributed by atoms with Crippen LogP contribution in [-0.4, -0.2) is 6.29 Å². The van der Waals surface area contributed by atoms with Crippen LogP contribution >= 0.6 is 31.9 Å². The molecule has 0 unspecified atom stereocenters. The highest BCUT2D eigenvalue weighted by molar-refractivity contribution is 9.11. The maximum Gasteiger partial charge on any atom is 0.150 e. The molecule has 0 aliphatic heterocycles. The fraction of sp³-hybridized carbons (Fsp3) is 0.188. The van der Waals surface area contributed by atoms with E-state index < -0.39 is 0 Å². The SMILES string of the molecule is Cc1cccc(C)c1COc1c(Br)cc(C=O)cc1Br. The van der Waals surface area contributed by atoms with Crippen molar-refractivity contribution < 1.29 is 9.53 Å². The Hall–Kier alpha value is -1.13. The van der Waals surface area contributed by atoms with Crippen molar-refractivity contribution in [2.24, 2.45) is 0 Å². The van der Waals surface area contributed by atoms with Gasteiger partial charge in [-0.2, -0.15) is 0 Å². The summed E-state index contributed by atoms with van der Waals surface area (Å²) in [5.74, 6) is 0.707. The van der Waals surface area contributed by atoms with E-state index in [1.807, 2.05) is 6.07 Å². The average molecular weight is 398 g/mol. The first-order valence-electron chi connectivity index (χ1n) is 6.15. The van der Waals surface area contributed by atoms with Crippen molar-refractivity contribution in [1.82, 2.24) is 0 Å². The first-order chi connectivity index (χ1) is 9.52. The first-order valence-corrected chi connectivity index (χ1v) is 7.73. The number of halogens is 2. The quantitative estimate of drug-likeness (QED) is 0.661. The molecule has 0 aromatic heterocycles. The van der Waals surface area contributed by atoms with Crippen molar-refractivity contribution in [3.05, 3.63) is 61.5 Å². The second kappa shape index (κ2) is 6.55. The minimum absolute atomic E-state index is 0.496.